The molecule has 1 aromatic carbocycles. The van der Waals surface area contributed by atoms with Gasteiger partial charge >= 0.3 is 6.09 Å². The highest BCUT2D eigenvalue weighted by Gasteiger charge is 2.21. The molecule has 7 nitrogen and oxygen atoms in total. The number of hydrogen-bond donors (Lipinski definition) is 1. The van der Waals surface area contributed by atoms with Gasteiger partial charge < -0.3 is 24.2 Å². The minimum Gasteiger partial charge on any atom is -0.448 e. The van der Waals surface area contributed by atoms with Crippen LogP contribution in [0.1, 0.15) is 17.0 Å². The number of ether oxygens (including phenoxy) is 2. The number of amides is 1. The molecule has 1 fully saturated rings. The summed E-state index contributed by atoms with van der Waals surface area (Å²) in [6.45, 7) is 2.68. The molecule has 1 aliphatic heterocycles. The lowest BCUT2D eigenvalue weighted by Gasteiger charge is -2.13. The molecular formula is C16H19N3O4. The molecule has 0 bridgehead atoms. The number of nitrogens with zero attached hydrogens (tertiary/aromatic N) is 2. The number of nitrogens with one attached hydrogen (secondary N) is 1. The highest BCUT2D eigenvalue weighted by molar-refractivity contribution is 5.69. The summed E-state index contributed by atoms with van der Waals surface area (Å²) >= 11 is 0. The number of hydrogen-bond acceptors (Lipinski definition) is 6. The van der Waals surface area contributed by atoms with Gasteiger partial charge in [0.05, 0.1) is 13.1 Å². The highest BCUT2D eigenvalue weighted by Crippen LogP contribution is 2.15. The second-order valence-electron chi connectivity index (χ2n) is 5.30. The summed E-state index contributed by atoms with van der Waals surface area (Å²) in [5.41, 5.74) is 2.87. The van der Waals surface area contributed by atoms with E-state index in [-0.39, 0.29) is 6.09 Å². The number of carbonyl (C=O) groups excluding carboxylic acids is 1. The van der Waals surface area contributed by atoms with Crippen molar-refractivity contribution in [1.29, 1.82) is 0 Å². The van der Waals surface area contributed by atoms with Crippen LogP contribution in [0, 0.1) is 0 Å². The Morgan fingerprint density at radius 2 is 2.17 bits per heavy atom. The van der Waals surface area contributed by atoms with Gasteiger partial charge in [0.15, 0.2) is 5.76 Å². The number of rotatable bonds is 7. The van der Waals surface area contributed by atoms with Crippen molar-refractivity contribution >= 4 is 11.8 Å². The molecule has 0 atom stereocenters. The molecule has 23 heavy (non-hydrogen) atoms. The van der Waals surface area contributed by atoms with Crippen molar-refractivity contribution in [2.75, 3.05) is 25.6 Å². The third-order valence-electron chi connectivity index (χ3n) is 3.54. The quantitative estimate of drug-likeness (QED) is 0.845. The molecule has 1 aromatic heterocycles. The number of cyclic esters (lactones) is 1. The topological polar surface area (TPSA) is 76.8 Å². The zero-order valence-electron chi connectivity index (χ0n) is 12.9. The number of benzene rings is 1. The molecule has 2 heterocycles. The Labute approximate surface area is 134 Å². The van der Waals surface area contributed by atoms with E-state index >= 15 is 0 Å². The highest BCUT2D eigenvalue weighted by atomic mass is 16.6. The van der Waals surface area contributed by atoms with Crippen LogP contribution in [0.5, 0.6) is 0 Å². The number of aromatic nitrogens is 1. The molecule has 0 radical (unpaired) electrons. The van der Waals surface area contributed by atoms with Gasteiger partial charge in [0.1, 0.15) is 18.9 Å². The van der Waals surface area contributed by atoms with Crippen LogP contribution in [0.2, 0.25) is 0 Å². The Morgan fingerprint density at radius 3 is 2.87 bits per heavy atom. The van der Waals surface area contributed by atoms with Crippen molar-refractivity contribution < 1.29 is 18.8 Å². The number of methoxy groups -OCH3 is 1. The molecule has 0 aliphatic carbocycles. The van der Waals surface area contributed by atoms with Crippen LogP contribution in [0.4, 0.5) is 10.5 Å². The molecule has 1 aliphatic rings. The summed E-state index contributed by atoms with van der Waals surface area (Å²) in [6.07, 6.45) is -0.245. The molecule has 2 aromatic rings. The predicted molar refractivity (Wildman–Crippen MR) is 82.7 cm³/mol. The van der Waals surface area contributed by atoms with Crippen LogP contribution in [0.25, 0.3) is 0 Å². The van der Waals surface area contributed by atoms with Gasteiger partial charge in [0.2, 0.25) is 0 Å². The van der Waals surface area contributed by atoms with E-state index in [0.29, 0.717) is 38.6 Å². The third-order valence-corrected chi connectivity index (χ3v) is 3.54. The van der Waals surface area contributed by atoms with E-state index in [1.54, 1.807) is 12.0 Å². The molecule has 1 N–H and O–H groups in total. The normalized spacial score (nSPS) is 14.1. The lowest BCUT2D eigenvalue weighted by atomic mass is 10.2. The SMILES string of the molecule is COCc1cc(CNc2ccc(CN3CCOC3=O)cc2)no1. The maximum atomic E-state index is 11.4. The smallest absolute Gasteiger partial charge is 0.410 e. The molecular weight excluding hydrogens is 298 g/mol. The lowest BCUT2D eigenvalue weighted by Crippen LogP contribution is -2.23. The van der Waals surface area contributed by atoms with Crippen molar-refractivity contribution in [3.05, 3.63) is 47.3 Å². The van der Waals surface area contributed by atoms with Crippen LogP contribution >= 0.6 is 0 Å². The Morgan fingerprint density at radius 1 is 1.35 bits per heavy atom. The Hall–Kier alpha value is -2.54. The maximum Gasteiger partial charge on any atom is 0.410 e. The van der Waals surface area contributed by atoms with Gasteiger partial charge in [-0.05, 0) is 17.7 Å². The summed E-state index contributed by atoms with van der Waals surface area (Å²) in [6, 6.07) is 9.81. The summed E-state index contributed by atoms with van der Waals surface area (Å²) in [5.74, 6) is 0.706. The molecule has 0 spiro atoms. The van der Waals surface area contributed by atoms with E-state index < -0.39 is 0 Å². The summed E-state index contributed by atoms with van der Waals surface area (Å²) < 4.78 is 15.0. The third kappa shape index (κ3) is 4.01. The van der Waals surface area contributed by atoms with Crippen LogP contribution in [-0.2, 0) is 29.2 Å². The van der Waals surface area contributed by atoms with E-state index in [0.717, 1.165) is 16.9 Å². The minimum atomic E-state index is -0.245. The largest absolute Gasteiger partial charge is 0.448 e. The molecule has 3 rings (SSSR count). The van der Waals surface area contributed by atoms with Crippen molar-refractivity contribution in [3.63, 3.8) is 0 Å². The fraction of sp³-hybridized carbons (Fsp3) is 0.375. The van der Waals surface area contributed by atoms with Gasteiger partial charge in [-0.3, -0.25) is 0 Å². The van der Waals surface area contributed by atoms with Gasteiger partial charge in [-0.15, -0.1) is 0 Å². The zero-order valence-corrected chi connectivity index (χ0v) is 12.9. The lowest BCUT2D eigenvalue weighted by molar-refractivity contribution is 0.156. The first-order valence-corrected chi connectivity index (χ1v) is 7.42. The average molecular weight is 317 g/mol. The Kier molecular flexibility index (Phi) is 4.77. The first-order chi connectivity index (χ1) is 11.2. The van der Waals surface area contributed by atoms with E-state index in [1.165, 1.54) is 0 Å². The van der Waals surface area contributed by atoms with Gasteiger partial charge in [-0.25, -0.2) is 4.79 Å². The fourth-order valence-corrected chi connectivity index (χ4v) is 2.36. The van der Waals surface area contributed by atoms with Crippen LogP contribution in [0.15, 0.2) is 34.9 Å². The van der Waals surface area contributed by atoms with Crippen LogP contribution in [-0.4, -0.2) is 36.4 Å². The van der Waals surface area contributed by atoms with Gasteiger partial charge in [0.25, 0.3) is 0 Å². The van der Waals surface area contributed by atoms with Crippen molar-refractivity contribution in [2.24, 2.45) is 0 Å². The molecule has 1 saturated heterocycles. The minimum absolute atomic E-state index is 0.245. The second kappa shape index (κ2) is 7.15. The number of carbonyl (C=O) groups is 1. The zero-order chi connectivity index (χ0) is 16.1. The van der Waals surface area contributed by atoms with Gasteiger partial charge in [-0.1, -0.05) is 17.3 Å². The van der Waals surface area contributed by atoms with Crippen molar-refractivity contribution in [2.45, 2.75) is 19.7 Å². The molecule has 7 heteroatoms. The van der Waals surface area contributed by atoms with Gasteiger partial charge in [-0.2, -0.15) is 0 Å². The summed E-state index contributed by atoms with van der Waals surface area (Å²) in [5, 5.41) is 7.25. The standard InChI is InChI=1S/C16H19N3O4/c1-21-11-15-8-14(18-23-15)9-17-13-4-2-12(3-5-13)10-19-6-7-22-16(19)20/h2-5,8,17H,6-7,9-11H2,1H3. The molecule has 0 unspecified atom stereocenters. The predicted octanol–water partition coefficient (Wildman–Crippen LogP) is 2.39. The maximum absolute atomic E-state index is 11.4. The summed E-state index contributed by atoms with van der Waals surface area (Å²) in [7, 11) is 1.61. The van der Waals surface area contributed by atoms with Crippen molar-refractivity contribution in [1.82, 2.24) is 10.1 Å². The Balaban J connectivity index is 1.51. The van der Waals surface area contributed by atoms with Crippen LogP contribution in [0.3, 0.4) is 0 Å². The second-order valence-corrected chi connectivity index (χ2v) is 5.30. The van der Waals surface area contributed by atoms with E-state index in [4.69, 9.17) is 14.0 Å². The average Bonchev–Trinajstić information content (AvgIpc) is 3.17. The van der Waals surface area contributed by atoms with E-state index in [2.05, 4.69) is 10.5 Å². The first-order valence-electron chi connectivity index (χ1n) is 7.42. The number of anilines is 1. The molecule has 0 saturated carbocycles. The Bertz CT molecular complexity index is 654. The summed E-state index contributed by atoms with van der Waals surface area (Å²) in [4.78, 5) is 13.1. The molecule has 1 amide bonds. The van der Waals surface area contributed by atoms with Crippen LogP contribution < -0.4 is 5.32 Å². The van der Waals surface area contributed by atoms with E-state index in [9.17, 15) is 4.79 Å². The van der Waals surface area contributed by atoms with Gasteiger partial charge in [0, 0.05) is 25.4 Å². The molecule has 122 valence electrons. The first kappa shape index (κ1) is 15.4. The van der Waals surface area contributed by atoms with E-state index in [1.807, 2.05) is 30.3 Å². The van der Waals surface area contributed by atoms with Crippen molar-refractivity contribution in [3.8, 4) is 0 Å². The monoisotopic (exact) mass is 317 g/mol. The fourth-order valence-electron chi connectivity index (χ4n) is 2.36.